The molecular formula is C39H40F3N8O11P. The Kier molecular flexibility index (Phi) is 15.5. The van der Waals surface area contributed by atoms with Crippen molar-refractivity contribution < 1.29 is 60.3 Å². The molecule has 328 valence electrons. The third kappa shape index (κ3) is 12.9. The van der Waals surface area contributed by atoms with E-state index in [1.54, 1.807) is 26.0 Å². The number of carbonyl (C=O) groups excluding carboxylic acids is 3. The Hall–Kier alpha value is -6.74. The zero-order valence-corrected chi connectivity index (χ0v) is 33.9. The van der Waals surface area contributed by atoms with E-state index in [9.17, 15) is 46.8 Å². The predicted molar refractivity (Wildman–Crippen MR) is 216 cm³/mol. The van der Waals surface area contributed by atoms with Gasteiger partial charge < -0.3 is 31.5 Å². The van der Waals surface area contributed by atoms with Crippen molar-refractivity contribution >= 4 is 60.1 Å². The lowest BCUT2D eigenvalue weighted by atomic mass is 10.1. The predicted octanol–water partition coefficient (Wildman–Crippen LogP) is 5.49. The van der Waals surface area contributed by atoms with Crippen molar-refractivity contribution in [3.05, 3.63) is 111 Å². The molecule has 62 heavy (non-hydrogen) atoms. The molecule has 0 aliphatic rings. The minimum atomic E-state index is -4.85. The number of nitrogens with two attached hydrogens (primary N) is 1. The maximum atomic E-state index is 13.7. The van der Waals surface area contributed by atoms with Crippen LogP contribution in [-0.2, 0) is 46.9 Å². The Morgan fingerprint density at radius 1 is 0.952 bits per heavy atom. The molecule has 0 unspecified atom stereocenters. The standard InChI is InChI=1S/C39H40F3N8O11P/c1-3-58-62(57,59-4-2)60-18-17-22-5-12-27(13-6-22)61-37(56)28-14-9-24(39(40,41)42)19-30(28)47-31(51)16-15-29(36(54)55)48-34(52)23-7-10-25(11-8-23)44-20-26-21-45-33-32(46-26)35(53)50-38(43)49-33/h5-14,19,21,29,44H,3-4,15-18,20H2,1-2H3,(H,47,51)(H,48,52)(H,54,55)(H3,43,45,49,50,53)/t29-/m0/s1. The fraction of sp³-hybridized carbons (Fsp3) is 0.282. The Bertz CT molecular complexity index is 2510. The molecule has 19 nitrogen and oxygen atoms in total. The lowest BCUT2D eigenvalue weighted by Crippen LogP contribution is -2.41. The molecule has 1 atom stereocenters. The highest BCUT2D eigenvalue weighted by molar-refractivity contribution is 7.48. The van der Waals surface area contributed by atoms with Crippen molar-refractivity contribution in [1.29, 1.82) is 0 Å². The number of hydrogen-bond acceptors (Lipinski definition) is 15. The smallest absolute Gasteiger partial charge is 0.474 e. The number of phosphoric acid groups is 1. The van der Waals surface area contributed by atoms with Crippen LogP contribution in [0.25, 0.3) is 11.2 Å². The van der Waals surface area contributed by atoms with Gasteiger partial charge in [-0.3, -0.25) is 32.9 Å². The molecule has 0 fully saturated rings. The van der Waals surface area contributed by atoms with Crippen molar-refractivity contribution in [1.82, 2.24) is 25.3 Å². The number of carbonyl (C=O) groups is 4. The molecule has 3 aromatic carbocycles. The monoisotopic (exact) mass is 884 g/mol. The van der Waals surface area contributed by atoms with E-state index < -0.39 is 79.0 Å². The number of hydrogen-bond donors (Lipinski definition) is 6. The molecule has 7 N–H and O–H groups in total. The Morgan fingerprint density at radius 3 is 2.29 bits per heavy atom. The van der Waals surface area contributed by atoms with Crippen LogP contribution < -0.4 is 32.0 Å². The van der Waals surface area contributed by atoms with Gasteiger partial charge in [0.2, 0.25) is 11.9 Å². The number of carboxylic acid groups (broad SMARTS) is 1. The highest BCUT2D eigenvalue weighted by Crippen LogP contribution is 2.49. The first kappa shape index (κ1) is 46.3. The van der Waals surface area contributed by atoms with E-state index in [0.717, 1.165) is 6.07 Å². The second kappa shape index (κ2) is 20.7. The molecule has 0 radical (unpaired) electrons. The average Bonchev–Trinajstić information content (AvgIpc) is 3.22. The molecule has 23 heteroatoms. The minimum absolute atomic E-state index is 0.00678. The number of nitrogens with one attached hydrogen (secondary N) is 4. The number of aromatic amines is 1. The highest BCUT2D eigenvalue weighted by Gasteiger charge is 2.32. The number of fused-ring (bicyclic) bond motifs is 1. The molecule has 0 bridgehead atoms. The van der Waals surface area contributed by atoms with Gasteiger partial charge in [-0.1, -0.05) is 12.1 Å². The SMILES string of the molecule is CCOP(=O)(OCC)OCCc1ccc(OC(=O)c2ccc(C(F)(F)F)cc2NC(=O)CC[C@H](NC(=O)c2ccc(NCc3cnc4nc(N)[nH]c(=O)c4n3)cc2)C(=O)O)cc1. The van der Waals surface area contributed by atoms with Gasteiger partial charge in [-0.2, -0.15) is 18.2 Å². The van der Waals surface area contributed by atoms with Crippen molar-refractivity contribution in [2.24, 2.45) is 0 Å². The zero-order chi connectivity index (χ0) is 45.0. The molecule has 2 aromatic heterocycles. The van der Waals surface area contributed by atoms with E-state index in [2.05, 4.69) is 35.9 Å². The average molecular weight is 885 g/mol. The van der Waals surface area contributed by atoms with Gasteiger partial charge in [0.05, 0.1) is 55.1 Å². The zero-order valence-electron chi connectivity index (χ0n) is 33.0. The number of nitrogen functional groups attached to an aromatic ring is 1. The molecule has 0 spiro atoms. The van der Waals surface area contributed by atoms with Crippen LogP contribution in [0.3, 0.4) is 0 Å². The van der Waals surface area contributed by atoms with E-state index in [0.29, 0.717) is 29.1 Å². The summed E-state index contributed by atoms with van der Waals surface area (Å²) in [4.78, 5) is 77.9. The molecule has 2 amide bonds. The van der Waals surface area contributed by atoms with Crippen molar-refractivity contribution in [3.8, 4) is 5.75 Å². The van der Waals surface area contributed by atoms with E-state index in [4.69, 9.17) is 24.0 Å². The number of halogens is 3. The molecule has 0 saturated carbocycles. The second-order valence-corrected chi connectivity index (χ2v) is 14.7. The quantitative estimate of drug-likeness (QED) is 0.0320. The number of aromatic nitrogens is 4. The number of alkyl halides is 3. The van der Waals surface area contributed by atoms with Gasteiger partial charge in [-0.05, 0) is 86.8 Å². The molecular weight excluding hydrogens is 844 g/mol. The number of aliphatic carboxylic acids is 1. The van der Waals surface area contributed by atoms with Crippen molar-refractivity contribution in [2.45, 2.75) is 51.9 Å². The van der Waals surface area contributed by atoms with Gasteiger partial charge in [-0.15, -0.1) is 0 Å². The highest BCUT2D eigenvalue weighted by atomic mass is 31.2. The number of anilines is 3. The largest absolute Gasteiger partial charge is 0.480 e. The summed E-state index contributed by atoms with van der Waals surface area (Å²) in [6.07, 6.45) is -4.24. The summed E-state index contributed by atoms with van der Waals surface area (Å²) >= 11 is 0. The van der Waals surface area contributed by atoms with Crippen LogP contribution in [0.15, 0.2) is 77.7 Å². The maximum Gasteiger partial charge on any atom is 0.474 e. The minimum Gasteiger partial charge on any atom is -0.480 e. The Morgan fingerprint density at radius 2 is 1.65 bits per heavy atom. The molecule has 5 rings (SSSR count). The number of carboxylic acids is 1. The third-order valence-corrected chi connectivity index (χ3v) is 10.2. The van der Waals surface area contributed by atoms with Crippen molar-refractivity contribution in [3.63, 3.8) is 0 Å². The Balaban J connectivity index is 1.16. The fourth-order valence-electron chi connectivity index (χ4n) is 5.57. The first-order valence-corrected chi connectivity index (χ1v) is 20.2. The lowest BCUT2D eigenvalue weighted by Gasteiger charge is -2.17. The fourth-order valence-corrected chi connectivity index (χ4v) is 6.74. The second-order valence-electron chi connectivity index (χ2n) is 13.0. The summed E-state index contributed by atoms with van der Waals surface area (Å²) in [6.45, 7) is 3.60. The summed E-state index contributed by atoms with van der Waals surface area (Å²) in [5.41, 5.74) is 4.54. The Labute approximate surface area is 350 Å². The van der Waals surface area contributed by atoms with Crippen LogP contribution in [0.1, 0.15) is 64.2 Å². The topological polar surface area (TPSA) is 276 Å². The number of ether oxygens (including phenoxy) is 1. The van der Waals surface area contributed by atoms with Gasteiger partial charge in [-0.25, -0.2) is 24.1 Å². The molecule has 0 aliphatic carbocycles. The number of amides is 2. The van der Waals surface area contributed by atoms with E-state index in [1.807, 2.05) is 0 Å². The number of nitrogens with zero attached hydrogens (tertiary/aromatic N) is 3. The van der Waals surface area contributed by atoms with Crippen molar-refractivity contribution in [2.75, 3.05) is 36.2 Å². The molecule has 0 aliphatic heterocycles. The van der Waals surface area contributed by atoms with Gasteiger partial charge in [0, 0.05) is 17.7 Å². The van der Waals surface area contributed by atoms with Gasteiger partial charge in [0.15, 0.2) is 11.2 Å². The van der Waals surface area contributed by atoms with Crippen LogP contribution in [0.5, 0.6) is 5.75 Å². The molecule has 2 heterocycles. The number of H-pyrrole nitrogens is 1. The first-order chi connectivity index (χ1) is 29.5. The number of esters is 1. The summed E-state index contributed by atoms with van der Waals surface area (Å²) in [5, 5.41) is 17.4. The van der Waals surface area contributed by atoms with E-state index in [1.165, 1.54) is 42.6 Å². The molecule has 0 saturated heterocycles. The number of rotatable bonds is 20. The maximum absolute atomic E-state index is 13.7. The third-order valence-electron chi connectivity index (χ3n) is 8.56. The van der Waals surface area contributed by atoms with Crippen LogP contribution in [0.2, 0.25) is 0 Å². The van der Waals surface area contributed by atoms with Crippen LogP contribution in [0, 0.1) is 0 Å². The van der Waals surface area contributed by atoms with Crippen LogP contribution in [0.4, 0.5) is 30.5 Å². The van der Waals surface area contributed by atoms with E-state index in [-0.39, 0.29) is 61.2 Å². The lowest BCUT2D eigenvalue weighted by molar-refractivity contribution is -0.139. The number of phosphoric ester groups is 1. The van der Waals surface area contributed by atoms with Gasteiger partial charge >= 0.3 is 25.9 Å². The summed E-state index contributed by atoms with van der Waals surface area (Å²) < 4.78 is 74.3. The van der Waals surface area contributed by atoms with Crippen LogP contribution >= 0.6 is 7.82 Å². The summed E-state index contributed by atoms with van der Waals surface area (Å²) in [7, 11) is -3.72. The molecule has 5 aromatic rings. The van der Waals surface area contributed by atoms with Gasteiger partial charge in [0.1, 0.15) is 11.8 Å². The number of benzene rings is 3. The summed E-state index contributed by atoms with van der Waals surface area (Å²) in [5.74, 6) is -4.45. The summed E-state index contributed by atoms with van der Waals surface area (Å²) in [6, 6.07) is 12.2. The van der Waals surface area contributed by atoms with Gasteiger partial charge in [0.25, 0.3) is 11.5 Å². The van der Waals surface area contributed by atoms with Crippen LogP contribution in [-0.4, -0.2) is 74.7 Å². The normalized spacial score (nSPS) is 12.1. The van der Waals surface area contributed by atoms with E-state index >= 15 is 0 Å². The first-order valence-electron chi connectivity index (χ1n) is 18.7.